The maximum Gasteiger partial charge on any atom is 0.335 e. The molecule has 0 amide bonds. The van der Waals surface area contributed by atoms with Crippen LogP contribution >= 0.6 is 0 Å². The largest absolute Gasteiger partial charge is 0.478 e. The summed E-state index contributed by atoms with van der Waals surface area (Å²) >= 11 is 0. The first-order valence-electron chi connectivity index (χ1n) is 5.94. The molecule has 0 radical (unpaired) electrons. The summed E-state index contributed by atoms with van der Waals surface area (Å²) in [6.45, 7) is 1.99. The minimum Gasteiger partial charge on any atom is -0.478 e. The Morgan fingerprint density at radius 2 is 2.39 bits per heavy atom. The zero-order valence-electron chi connectivity index (χ0n) is 10.3. The molecule has 2 rings (SSSR count). The van der Waals surface area contributed by atoms with E-state index in [1.807, 2.05) is 11.1 Å². The van der Waals surface area contributed by atoms with Gasteiger partial charge in [-0.05, 0) is 24.1 Å². The van der Waals surface area contributed by atoms with Crippen LogP contribution in [0.1, 0.15) is 28.4 Å². The molecular weight excluding hydrogens is 234 g/mol. The molecule has 0 aromatic heterocycles. The van der Waals surface area contributed by atoms with Gasteiger partial charge >= 0.3 is 5.97 Å². The number of carbonyl (C=O) groups is 1. The van der Waals surface area contributed by atoms with Crippen molar-refractivity contribution in [1.29, 1.82) is 0 Å². The van der Waals surface area contributed by atoms with Crippen molar-refractivity contribution in [2.75, 3.05) is 26.9 Å². The monoisotopic (exact) mass is 251 g/mol. The number of carboxylic acid groups (broad SMARTS) is 1. The van der Waals surface area contributed by atoms with Crippen LogP contribution in [0, 0.1) is 0 Å². The van der Waals surface area contributed by atoms with E-state index in [4.69, 9.17) is 14.7 Å². The van der Waals surface area contributed by atoms with E-state index in [0.717, 1.165) is 18.5 Å². The lowest BCUT2D eigenvalue weighted by Crippen LogP contribution is -2.29. The first-order valence-corrected chi connectivity index (χ1v) is 5.94. The van der Waals surface area contributed by atoms with Gasteiger partial charge in [-0.15, -0.1) is 0 Å². The Bertz CT molecular complexity index is 421. The van der Waals surface area contributed by atoms with Crippen LogP contribution < -0.4 is 0 Å². The van der Waals surface area contributed by atoms with E-state index >= 15 is 0 Å². The van der Waals surface area contributed by atoms with Crippen molar-refractivity contribution < 1.29 is 19.5 Å². The predicted octanol–water partition coefficient (Wildman–Crippen LogP) is 1.71. The van der Waals surface area contributed by atoms with Crippen molar-refractivity contribution in [3.63, 3.8) is 0 Å². The molecule has 98 valence electrons. The van der Waals surface area contributed by atoms with Gasteiger partial charge in [-0.1, -0.05) is 12.1 Å². The Hall–Kier alpha value is -1.43. The Morgan fingerprint density at radius 3 is 3.11 bits per heavy atom. The van der Waals surface area contributed by atoms with Crippen LogP contribution in [0.5, 0.6) is 0 Å². The molecule has 1 aliphatic heterocycles. The van der Waals surface area contributed by atoms with Crippen molar-refractivity contribution >= 4 is 5.97 Å². The highest BCUT2D eigenvalue weighted by atomic mass is 16.7. The third-order valence-corrected chi connectivity index (χ3v) is 3.04. The summed E-state index contributed by atoms with van der Waals surface area (Å²) in [5.74, 6) is -0.921. The predicted molar refractivity (Wildman–Crippen MR) is 65.3 cm³/mol. The third kappa shape index (κ3) is 2.87. The van der Waals surface area contributed by atoms with Gasteiger partial charge < -0.3 is 14.7 Å². The van der Waals surface area contributed by atoms with Crippen molar-refractivity contribution in [3.8, 4) is 0 Å². The van der Waals surface area contributed by atoms with Crippen molar-refractivity contribution in [1.82, 2.24) is 5.06 Å². The molecule has 5 nitrogen and oxygen atoms in total. The molecule has 1 N–H and O–H groups in total. The SMILES string of the molecule is CON1CCCOCC1c1cccc(C(=O)O)c1. The number of hydrogen-bond donors (Lipinski definition) is 1. The summed E-state index contributed by atoms with van der Waals surface area (Å²) in [6, 6.07) is 6.85. The molecule has 0 spiro atoms. The second-order valence-electron chi connectivity index (χ2n) is 4.20. The summed E-state index contributed by atoms with van der Waals surface area (Å²) in [5.41, 5.74) is 1.19. The van der Waals surface area contributed by atoms with Gasteiger partial charge in [-0.3, -0.25) is 0 Å². The quantitative estimate of drug-likeness (QED) is 0.886. The van der Waals surface area contributed by atoms with Crippen LogP contribution in [-0.2, 0) is 9.57 Å². The standard InChI is InChI=1S/C13H17NO4/c1-17-14-6-3-7-18-9-12(14)10-4-2-5-11(8-10)13(15)16/h2,4-5,8,12H,3,6-7,9H2,1H3,(H,15,16). The van der Waals surface area contributed by atoms with Crippen LogP contribution in [0.2, 0.25) is 0 Å². The Morgan fingerprint density at radius 1 is 1.56 bits per heavy atom. The molecular formula is C13H17NO4. The van der Waals surface area contributed by atoms with Gasteiger partial charge in [-0.25, -0.2) is 4.79 Å². The number of aromatic carboxylic acids is 1. The third-order valence-electron chi connectivity index (χ3n) is 3.04. The topological polar surface area (TPSA) is 59.0 Å². The van der Waals surface area contributed by atoms with E-state index in [9.17, 15) is 4.79 Å². The number of hydroxylamine groups is 2. The van der Waals surface area contributed by atoms with Gasteiger partial charge in [0.1, 0.15) is 0 Å². The Labute approximate surface area is 106 Å². The summed E-state index contributed by atoms with van der Waals surface area (Å²) < 4.78 is 5.52. The van der Waals surface area contributed by atoms with Gasteiger partial charge in [-0.2, -0.15) is 5.06 Å². The average Bonchev–Trinajstić information content (AvgIpc) is 2.63. The molecule has 1 unspecified atom stereocenters. The van der Waals surface area contributed by atoms with Crippen LogP contribution in [0.25, 0.3) is 0 Å². The molecule has 1 aromatic carbocycles. The summed E-state index contributed by atoms with van der Waals surface area (Å²) in [6.07, 6.45) is 0.906. The fraction of sp³-hybridized carbons (Fsp3) is 0.462. The van der Waals surface area contributed by atoms with Crippen LogP contribution in [0.4, 0.5) is 0 Å². The number of carboxylic acids is 1. The van der Waals surface area contributed by atoms with Crippen LogP contribution in [-0.4, -0.2) is 43.0 Å². The van der Waals surface area contributed by atoms with Crippen LogP contribution in [0.3, 0.4) is 0 Å². The molecule has 1 atom stereocenters. The molecule has 1 heterocycles. The van der Waals surface area contributed by atoms with Crippen molar-refractivity contribution in [2.45, 2.75) is 12.5 Å². The van der Waals surface area contributed by atoms with Crippen molar-refractivity contribution in [3.05, 3.63) is 35.4 Å². The second kappa shape index (κ2) is 5.95. The van der Waals surface area contributed by atoms with Gasteiger partial charge in [0.25, 0.3) is 0 Å². The fourth-order valence-corrected chi connectivity index (χ4v) is 2.12. The molecule has 1 aromatic rings. The van der Waals surface area contributed by atoms with Gasteiger partial charge in [0.15, 0.2) is 0 Å². The number of rotatable bonds is 3. The lowest BCUT2D eigenvalue weighted by atomic mass is 10.0. The summed E-state index contributed by atoms with van der Waals surface area (Å²) in [5, 5.41) is 10.9. The Balaban J connectivity index is 2.26. The first-order chi connectivity index (χ1) is 8.72. The minimum atomic E-state index is -0.921. The number of ether oxygens (including phenoxy) is 1. The van der Waals surface area contributed by atoms with Crippen molar-refractivity contribution in [2.24, 2.45) is 0 Å². The van der Waals surface area contributed by atoms with Crippen LogP contribution in [0.15, 0.2) is 24.3 Å². The van der Waals surface area contributed by atoms with E-state index in [1.165, 1.54) is 0 Å². The summed E-state index contributed by atoms with van der Waals surface area (Å²) in [4.78, 5) is 16.3. The normalized spacial score (nSPS) is 21.5. The highest BCUT2D eigenvalue weighted by Gasteiger charge is 2.23. The maximum absolute atomic E-state index is 11.0. The lowest BCUT2D eigenvalue weighted by molar-refractivity contribution is -0.164. The molecule has 1 aliphatic rings. The second-order valence-corrected chi connectivity index (χ2v) is 4.20. The molecule has 1 fully saturated rings. The van der Waals surface area contributed by atoms with E-state index in [-0.39, 0.29) is 11.6 Å². The fourth-order valence-electron chi connectivity index (χ4n) is 2.12. The lowest BCUT2D eigenvalue weighted by Gasteiger charge is -2.27. The molecule has 0 aliphatic carbocycles. The zero-order valence-corrected chi connectivity index (χ0v) is 10.3. The van der Waals surface area contributed by atoms with E-state index in [0.29, 0.717) is 13.2 Å². The number of hydrogen-bond acceptors (Lipinski definition) is 4. The summed E-state index contributed by atoms with van der Waals surface area (Å²) in [7, 11) is 1.62. The van der Waals surface area contributed by atoms with E-state index in [1.54, 1.807) is 25.3 Å². The smallest absolute Gasteiger partial charge is 0.335 e. The average molecular weight is 251 g/mol. The van der Waals surface area contributed by atoms with Gasteiger partial charge in [0.05, 0.1) is 25.3 Å². The van der Waals surface area contributed by atoms with E-state index < -0.39 is 5.97 Å². The molecule has 5 heteroatoms. The number of benzene rings is 1. The molecule has 0 saturated carbocycles. The highest BCUT2D eigenvalue weighted by molar-refractivity contribution is 5.87. The first kappa shape index (κ1) is 13.0. The number of nitrogens with zero attached hydrogens (tertiary/aromatic N) is 1. The Kier molecular flexibility index (Phi) is 4.30. The van der Waals surface area contributed by atoms with E-state index in [2.05, 4.69) is 0 Å². The van der Waals surface area contributed by atoms with Gasteiger partial charge in [0.2, 0.25) is 0 Å². The highest BCUT2D eigenvalue weighted by Crippen LogP contribution is 2.24. The molecule has 0 bridgehead atoms. The zero-order chi connectivity index (χ0) is 13.0. The van der Waals surface area contributed by atoms with Gasteiger partial charge in [0, 0.05) is 13.2 Å². The molecule has 1 saturated heterocycles. The minimum absolute atomic E-state index is 0.0585. The molecule has 18 heavy (non-hydrogen) atoms. The maximum atomic E-state index is 11.0.